The summed E-state index contributed by atoms with van der Waals surface area (Å²) in [5.41, 5.74) is 0.880. The van der Waals surface area contributed by atoms with Gasteiger partial charge in [0.2, 0.25) is 5.91 Å². The molecule has 4 nitrogen and oxygen atoms in total. The summed E-state index contributed by atoms with van der Waals surface area (Å²) in [6.45, 7) is 2.07. The minimum atomic E-state index is -0.884. The first-order valence-corrected chi connectivity index (χ1v) is 6.77. The molecule has 0 aromatic heterocycles. The summed E-state index contributed by atoms with van der Waals surface area (Å²) >= 11 is 0. The molecule has 0 aliphatic rings. The van der Waals surface area contributed by atoms with E-state index in [1.54, 1.807) is 12.1 Å². The average molecular weight is 281 g/mol. The Kier molecular flexibility index (Phi) is 6.70. The number of hydrogen-bond acceptors (Lipinski definition) is 2. The van der Waals surface area contributed by atoms with Crippen LogP contribution < -0.4 is 5.32 Å². The lowest BCUT2D eigenvalue weighted by atomic mass is 10.0. The van der Waals surface area contributed by atoms with Crippen LogP contribution in [-0.2, 0) is 16.0 Å². The van der Waals surface area contributed by atoms with Crippen LogP contribution in [0.15, 0.2) is 24.3 Å². The summed E-state index contributed by atoms with van der Waals surface area (Å²) in [7, 11) is 0. The van der Waals surface area contributed by atoms with E-state index in [2.05, 4.69) is 5.32 Å². The van der Waals surface area contributed by atoms with Crippen LogP contribution in [0, 0.1) is 11.7 Å². The van der Waals surface area contributed by atoms with Gasteiger partial charge in [0.1, 0.15) is 5.82 Å². The van der Waals surface area contributed by atoms with E-state index in [-0.39, 0.29) is 24.7 Å². The minimum absolute atomic E-state index is 0.158. The Bertz CT molecular complexity index is 445. The lowest BCUT2D eigenvalue weighted by molar-refractivity contribution is -0.141. The van der Waals surface area contributed by atoms with Gasteiger partial charge in [0.25, 0.3) is 0 Å². The smallest absolute Gasteiger partial charge is 0.308 e. The summed E-state index contributed by atoms with van der Waals surface area (Å²) in [6, 6.07) is 5.99. The van der Waals surface area contributed by atoms with Crippen LogP contribution in [0.2, 0.25) is 0 Å². The van der Waals surface area contributed by atoms with E-state index in [1.165, 1.54) is 12.1 Å². The molecule has 110 valence electrons. The number of aliphatic carboxylic acids is 1. The number of rotatable bonds is 8. The Morgan fingerprint density at radius 3 is 2.50 bits per heavy atom. The highest BCUT2D eigenvalue weighted by Gasteiger charge is 2.16. The highest BCUT2D eigenvalue weighted by molar-refractivity contribution is 5.77. The number of benzene rings is 1. The predicted octanol–water partition coefficient (Wildman–Crippen LogP) is 2.38. The largest absolute Gasteiger partial charge is 0.481 e. The topological polar surface area (TPSA) is 66.4 Å². The normalized spacial score (nSPS) is 11.9. The van der Waals surface area contributed by atoms with Crippen molar-refractivity contribution < 1.29 is 19.1 Å². The van der Waals surface area contributed by atoms with Crippen LogP contribution >= 0.6 is 0 Å². The first kappa shape index (κ1) is 16.1. The van der Waals surface area contributed by atoms with Crippen LogP contribution in [-0.4, -0.2) is 23.5 Å². The Morgan fingerprint density at radius 2 is 1.95 bits per heavy atom. The van der Waals surface area contributed by atoms with Crippen molar-refractivity contribution >= 4 is 11.9 Å². The molecule has 0 saturated carbocycles. The number of nitrogens with one attached hydrogen (secondary N) is 1. The summed E-state index contributed by atoms with van der Waals surface area (Å²) in [5, 5.41) is 11.6. The fraction of sp³-hybridized carbons (Fsp3) is 0.467. The Labute approximate surface area is 118 Å². The summed E-state index contributed by atoms with van der Waals surface area (Å²) in [4.78, 5) is 22.6. The highest BCUT2D eigenvalue weighted by Crippen LogP contribution is 2.07. The number of carboxylic acids is 1. The standard InChI is InChI=1S/C15H20FNO3/c1-2-3-12(15(19)20)10-17-14(18)9-6-11-4-7-13(16)8-5-11/h4-5,7-8,12H,2-3,6,9-10H2,1H3,(H,17,18)(H,19,20). The summed E-state index contributed by atoms with van der Waals surface area (Å²) in [5.74, 6) is -1.90. The number of carbonyl (C=O) groups excluding carboxylic acids is 1. The van der Waals surface area contributed by atoms with Crippen molar-refractivity contribution in [1.82, 2.24) is 5.32 Å². The fourth-order valence-corrected chi connectivity index (χ4v) is 1.90. The van der Waals surface area contributed by atoms with E-state index in [0.29, 0.717) is 12.8 Å². The third-order valence-corrected chi connectivity index (χ3v) is 3.09. The van der Waals surface area contributed by atoms with Gasteiger partial charge in [0, 0.05) is 13.0 Å². The molecule has 1 rings (SSSR count). The molecule has 0 fully saturated rings. The van der Waals surface area contributed by atoms with Gasteiger partial charge in [-0.15, -0.1) is 0 Å². The van der Waals surface area contributed by atoms with E-state index in [9.17, 15) is 14.0 Å². The maximum atomic E-state index is 12.7. The Morgan fingerprint density at radius 1 is 1.30 bits per heavy atom. The minimum Gasteiger partial charge on any atom is -0.481 e. The van der Waals surface area contributed by atoms with Gasteiger partial charge >= 0.3 is 5.97 Å². The Balaban J connectivity index is 2.32. The van der Waals surface area contributed by atoms with Crippen molar-refractivity contribution in [2.45, 2.75) is 32.6 Å². The number of aryl methyl sites for hydroxylation is 1. The molecule has 1 aromatic rings. The average Bonchev–Trinajstić information content (AvgIpc) is 2.42. The van der Waals surface area contributed by atoms with E-state index in [1.807, 2.05) is 6.92 Å². The van der Waals surface area contributed by atoms with Crippen molar-refractivity contribution in [3.8, 4) is 0 Å². The van der Waals surface area contributed by atoms with Crippen LogP contribution in [0.25, 0.3) is 0 Å². The molecule has 5 heteroatoms. The van der Waals surface area contributed by atoms with Gasteiger partial charge in [-0.1, -0.05) is 25.5 Å². The lowest BCUT2D eigenvalue weighted by Gasteiger charge is -2.12. The number of amides is 1. The first-order chi connectivity index (χ1) is 9.52. The van der Waals surface area contributed by atoms with Crippen molar-refractivity contribution in [2.24, 2.45) is 5.92 Å². The molecule has 0 aliphatic carbocycles. The first-order valence-electron chi connectivity index (χ1n) is 6.77. The Hall–Kier alpha value is -1.91. The van der Waals surface area contributed by atoms with Gasteiger partial charge in [-0.2, -0.15) is 0 Å². The van der Waals surface area contributed by atoms with Crippen LogP contribution in [0.5, 0.6) is 0 Å². The molecular weight excluding hydrogens is 261 g/mol. The number of carbonyl (C=O) groups is 2. The summed E-state index contributed by atoms with van der Waals surface area (Å²) in [6.07, 6.45) is 2.09. The molecular formula is C15H20FNO3. The molecule has 1 amide bonds. The molecule has 1 atom stereocenters. The lowest BCUT2D eigenvalue weighted by Crippen LogP contribution is -2.33. The van der Waals surface area contributed by atoms with Crippen molar-refractivity contribution in [3.63, 3.8) is 0 Å². The summed E-state index contributed by atoms with van der Waals surface area (Å²) < 4.78 is 12.7. The maximum Gasteiger partial charge on any atom is 0.308 e. The molecule has 0 saturated heterocycles. The second-order valence-corrected chi connectivity index (χ2v) is 4.75. The van der Waals surface area contributed by atoms with Crippen LogP contribution in [0.1, 0.15) is 31.7 Å². The monoisotopic (exact) mass is 281 g/mol. The molecule has 0 bridgehead atoms. The van der Waals surface area contributed by atoms with Gasteiger partial charge in [-0.3, -0.25) is 9.59 Å². The molecule has 1 unspecified atom stereocenters. The number of carboxylic acid groups (broad SMARTS) is 1. The number of halogens is 1. The van der Waals surface area contributed by atoms with Gasteiger partial charge in [-0.25, -0.2) is 4.39 Å². The SMILES string of the molecule is CCCC(CNC(=O)CCc1ccc(F)cc1)C(=O)O. The zero-order chi connectivity index (χ0) is 15.0. The van der Waals surface area contributed by atoms with E-state index in [4.69, 9.17) is 5.11 Å². The zero-order valence-corrected chi connectivity index (χ0v) is 11.6. The fourth-order valence-electron chi connectivity index (χ4n) is 1.90. The number of hydrogen-bond donors (Lipinski definition) is 2. The van der Waals surface area contributed by atoms with E-state index >= 15 is 0 Å². The quantitative estimate of drug-likeness (QED) is 0.768. The molecule has 1 aromatic carbocycles. The van der Waals surface area contributed by atoms with E-state index in [0.717, 1.165) is 12.0 Å². The van der Waals surface area contributed by atoms with Crippen molar-refractivity contribution in [1.29, 1.82) is 0 Å². The molecule has 0 aliphatic heterocycles. The van der Waals surface area contributed by atoms with Crippen LogP contribution in [0.4, 0.5) is 4.39 Å². The molecule has 0 heterocycles. The van der Waals surface area contributed by atoms with Gasteiger partial charge in [0.05, 0.1) is 5.92 Å². The van der Waals surface area contributed by atoms with Crippen LogP contribution in [0.3, 0.4) is 0 Å². The third-order valence-electron chi connectivity index (χ3n) is 3.09. The second kappa shape index (κ2) is 8.30. The van der Waals surface area contributed by atoms with E-state index < -0.39 is 11.9 Å². The van der Waals surface area contributed by atoms with Crippen molar-refractivity contribution in [3.05, 3.63) is 35.6 Å². The maximum absolute atomic E-state index is 12.7. The third kappa shape index (κ3) is 5.82. The second-order valence-electron chi connectivity index (χ2n) is 4.75. The molecule has 0 spiro atoms. The highest BCUT2D eigenvalue weighted by atomic mass is 19.1. The van der Waals surface area contributed by atoms with Gasteiger partial charge in [0.15, 0.2) is 0 Å². The van der Waals surface area contributed by atoms with Gasteiger partial charge < -0.3 is 10.4 Å². The predicted molar refractivity (Wildman–Crippen MR) is 73.8 cm³/mol. The molecule has 20 heavy (non-hydrogen) atoms. The zero-order valence-electron chi connectivity index (χ0n) is 11.6. The molecule has 0 radical (unpaired) electrons. The van der Waals surface area contributed by atoms with Gasteiger partial charge in [-0.05, 0) is 30.5 Å². The van der Waals surface area contributed by atoms with Crippen molar-refractivity contribution in [2.75, 3.05) is 6.54 Å². The molecule has 2 N–H and O–H groups in total.